The molecule has 2 N–H and O–H groups in total. The lowest BCUT2D eigenvalue weighted by molar-refractivity contribution is 0.257. The Kier molecular flexibility index (Phi) is 3.97. The number of benzene rings is 2. The maximum atomic E-state index is 12.2. The Morgan fingerprint density at radius 2 is 1.83 bits per heavy atom. The summed E-state index contributed by atoms with van der Waals surface area (Å²) in [6, 6.07) is 17.1. The summed E-state index contributed by atoms with van der Waals surface area (Å²) in [6.07, 6.45) is 0. The van der Waals surface area contributed by atoms with Crippen LogP contribution in [0.15, 0.2) is 65.2 Å². The number of nitrogens with one attached hydrogen (secondary N) is 1. The summed E-state index contributed by atoms with van der Waals surface area (Å²) in [6.45, 7) is 0. The van der Waals surface area contributed by atoms with E-state index in [1.807, 2.05) is 30.3 Å². The molecular formula is C17H15N3O3. The van der Waals surface area contributed by atoms with Gasteiger partial charge in [-0.3, -0.25) is 10.2 Å². The smallest absolute Gasteiger partial charge is 0.327 e. The van der Waals surface area contributed by atoms with Crippen molar-refractivity contribution in [1.82, 2.24) is 5.16 Å². The Morgan fingerprint density at radius 3 is 2.52 bits per heavy atom. The first-order chi connectivity index (χ1) is 11.1. The van der Waals surface area contributed by atoms with Crippen LogP contribution < -0.4 is 10.2 Å². The average Bonchev–Trinajstić information content (AvgIpc) is 3.04. The van der Waals surface area contributed by atoms with Crippen LogP contribution in [-0.4, -0.2) is 23.3 Å². The van der Waals surface area contributed by atoms with Gasteiger partial charge in [-0.2, -0.15) is 0 Å². The molecule has 0 aliphatic heterocycles. The number of rotatable bonds is 3. The second-order valence-corrected chi connectivity index (χ2v) is 4.95. The molecule has 0 aliphatic rings. The van der Waals surface area contributed by atoms with Crippen LogP contribution in [0.1, 0.15) is 0 Å². The van der Waals surface area contributed by atoms with E-state index >= 15 is 0 Å². The fourth-order valence-corrected chi connectivity index (χ4v) is 2.06. The van der Waals surface area contributed by atoms with Crippen molar-refractivity contribution in [3.63, 3.8) is 0 Å². The van der Waals surface area contributed by atoms with E-state index in [0.29, 0.717) is 17.3 Å². The number of hydrogen-bond acceptors (Lipinski definition) is 4. The van der Waals surface area contributed by atoms with Crippen molar-refractivity contribution in [1.29, 1.82) is 0 Å². The van der Waals surface area contributed by atoms with E-state index in [2.05, 4.69) is 10.5 Å². The Morgan fingerprint density at radius 1 is 1.13 bits per heavy atom. The molecular weight excluding hydrogens is 294 g/mol. The number of carbonyl (C=O) groups excluding carboxylic acids is 1. The molecule has 3 rings (SSSR count). The third-order valence-corrected chi connectivity index (χ3v) is 3.35. The van der Waals surface area contributed by atoms with Gasteiger partial charge in [0.15, 0.2) is 11.6 Å². The first-order valence-electron chi connectivity index (χ1n) is 6.99. The van der Waals surface area contributed by atoms with Crippen LogP contribution in [0.2, 0.25) is 0 Å². The van der Waals surface area contributed by atoms with E-state index in [0.717, 1.165) is 5.56 Å². The SMILES string of the molecule is CN(C(=O)Nc1cc(-c2ccccc2)on1)c1ccc(O)cc1. The summed E-state index contributed by atoms with van der Waals surface area (Å²) < 4.78 is 5.24. The average molecular weight is 309 g/mol. The number of nitrogens with zero attached hydrogens (tertiary/aromatic N) is 2. The molecule has 2 amide bonds. The van der Waals surface area contributed by atoms with Crippen molar-refractivity contribution in [3.8, 4) is 17.1 Å². The predicted molar refractivity (Wildman–Crippen MR) is 87.5 cm³/mol. The summed E-state index contributed by atoms with van der Waals surface area (Å²) >= 11 is 0. The van der Waals surface area contributed by atoms with Crippen molar-refractivity contribution in [2.24, 2.45) is 0 Å². The highest BCUT2D eigenvalue weighted by atomic mass is 16.5. The van der Waals surface area contributed by atoms with Crippen molar-refractivity contribution < 1.29 is 14.4 Å². The minimum Gasteiger partial charge on any atom is -0.508 e. The topological polar surface area (TPSA) is 78.6 Å². The minimum atomic E-state index is -0.358. The van der Waals surface area contributed by atoms with E-state index in [1.165, 1.54) is 17.0 Å². The van der Waals surface area contributed by atoms with Crippen LogP contribution in [0.4, 0.5) is 16.3 Å². The number of amides is 2. The molecule has 1 aromatic heterocycles. The third-order valence-electron chi connectivity index (χ3n) is 3.35. The lowest BCUT2D eigenvalue weighted by Gasteiger charge is -2.16. The third kappa shape index (κ3) is 3.32. The summed E-state index contributed by atoms with van der Waals surface area (Å²) in [4.78, 5) is 13.6. The zero-order valence-corrected chi connectivity index (χ0v) is 12.4. The highest BCUT2D eigenvalue weighted by Gasteiger charge is 2.14. The number of carbonyl (C=O) groups is 1. The molecule has 0 bridgehead atoms. The summed E-state index contributed by atoms with van der Waals surface area (Å²) in [5, 5.41) is 15.8. The van der Waals surface area contributed by atoms with Crippen LogP contribution >= 0.6 is 0 Å². The molecule has 0 saturated carbocycles. The number of aromatic hydroxyl groups is 1. The molecule has 0 spiro atoms. The second-order valence-electron chi connectivity index (χ2n) is 4.95. The molecule has 0 saturated heterocycles. The van der Waals surface area contributed by atoms with Gasteiger partial charge in [0.2, 0.25) is 0 Å². The van der Waals surface area contributed by atoms with Crippen LogP contribution in [-0.2, 0) is 0 Å². The largest absolute Gasteiger partial charge is 0.508 e. The molecule has 23 heavy (non-hydrogen) atoms. The van der Waals surface area contributed by atoms with Gasteiger partial charge in [0, 0.05) is 24.4 Å². The van der Waals surface area contributed by atoms with Crippen molar-refractivity contribution in [2.45, 2.75) is 0 Å². The fraction of sp³-hybridized carbons (Fsp3) is 0.0588. The van der Waals surface area contributed by atoms with Gasteiger partial charge in [-0.15, -0.1) is 0 Å². The molecule has 0 unspecified atom stereocenters. The van der Waals surface area contributed by atoms with Crippen LogP contribution in [0.3, 0.4) is 0 Å². The second kappa shape index (κ2) is 6.23. The van der Waals surface area contributed by atoms with Crippen molar-refractivity contribution in [2.75, 3.05) is 17.3 Å². The highest BCUT2D eigenvalue weighted by Crippen LogP contribution is 2.23. The lowest BCUT2D eigenvalue weighted by atomic mass is 10.2. The number of anilines is 2. The zero-order chi connectivity index (χ0) is 16.2. The quantitative estimate of drug-likeness (QED) is 0.773. The van der Waals surface area contributed by atoms with E-state index < -0.39 is 0 Å². The van der Waals surface area contributed by atoms with Gasteiger partial charge in [-0.25, -0.2) is 4.79 Å². The van der Waals surface area contributed by atoms with E-state index in [-0.39, 0.29) is 11.8 Å². The van der Waals surface area contributed by atoms with Gasteiger partial charge < -0.3 is 9.63 Å². The molecule has 6 nitrogen and oxygen atoms in total. The molecule has 0 aliphatic carbocycles. The molecule has 6 heteroatoms. The zero-order valence-electron chi connectivity index (χ0n) is 12.4. The number of phenols is 1. The van der Waals surface area contributed by atoms with E-state index in [9.17, 15) is 9.90 Å². The molecule has 0 atom stereocenters. The Balaban J connectivity index is 1.71. The van der Waals surface area contributed by atoms with Gasteiger partial charge in [-0.1, -0.05) is 35.5 Å². The van der Waals surface area contributed by atoms with Crippen LogP contribution in [0.5, 0.6) is 5.75 Å². The molecule has 1 heterocycles. The van der Waals surface area contributed by atoms with Gasteiger partial charge in [0.05, 0.1) is 0 Å². The minimum absolute atomic E-state index is 0.145. The van der Waals surface area contributed by atoms with Crippen molar-refractivity contribution in [3.05, 3.63) is 60.7 Å². The normalized spacial score (nSPS) is 10.3. The van der Waals surface area contributed by atoms with E-state index in [1.54, 1.807) is 25.2 Å². The van der Waals surface area contributed by atoms with Gasteiger partial charge in [-0.05, 0) is 24.3 Å². The summed E-state index contributed by atoms with van der Waals surface area (Å²) in [5.74, 6) is 1.05. The number of hydrogen-bond donors (Lipinski definition) is 2. The molecule has 3 aromatic rings. The van der Waals surface area contributed by atoms with Crippen molar-refractivity contribution >= 4 is 17.5 Å². The standard InChI is InChI=1S/C17H15N3O3/c1-20(13-7-9-14(21)10-8-13)17(22)18-16-11-15(23-19-16)12-5-3-2-4-6-12/h2-11,21H,1H3,(H,18,19,22). The Bertz CT molecular complexity index is 797. The Hall–Kier alpha value is -3.28. The maximum absolute atomic E-state index is 12.2. The molecule has 116 valence electrons. The van der Waals surface area contributed by atoms with Gasteiger partial charge in [0.1, 0.15) is 5.75 Å². The first kappa shape index (κ1) is 14.6. The maximum Gasteiger partial charge on any atom is 0.327 e. The van der Waals surface area contributed by atoms with Gasteiger partial charge in [0.25, 0.3) is 0 Å². The summed E-state index contributed by atoms with van der Waals surface area (Å²) in [5.41, 5.74) is 1.53. The Labute approximate surface area is 133 Å². The van der Waals surface area contributed by atoms with Crippen LogP contribution in [0, 0.1) is 0 Å². The monoisotopic (exact) mass is 309 g/mol. The van der Waals surface area contributed by atoms with Crippen LogP contribution in [0.25, 0.3) is 11.3 Å². The fourth-order valence-electron chi connectivity index (χ4n) is 2.06. The highest BCUT2D eigenvalue weighted by molar-refractivity contribution is 6.00. The predicted octanol–water partition coefficient (Wildman–Crippen LogP) is 3.72. The van der Waals surface area contributed by atoms with E-state index in [4.69, 9.17) is 4.52 Å². The lowest BCUT2D eigenvalue weighted by Crippen LogP contribution is -2.31. The number of urea groups is 1. The molecule has 2 aromatic carbocycles. The first-order valence-corrected chi connectivity index (χ1v) is 6.99. The number of phenolic OH excluding ortho intramolecular Hbond substituents is 1. The molecule has 0 fully saturated rings. The van der Waals surface area contributed by atoms with Gasteiger partial charge >= 0.3 is 6.03 Å². The molecule has 0 radical (unpaired) electrons. The summed E-state index contributed by atoms with van der Waals surface area (Å²) in [7, 11) is 1.62. The number of aromatic nitrogens is 1.